The summed E-state index contributed by atoms with van der Waals surface area (Å²) in [6, 6.07) is 58.0. The van der Waals surface area contributed by atoms with Gasteiger partial charge in [0.2, 0.25) is 0 Å². The lowest BCUT2D eigenvalue weighted by atomic mass is 9.94. The van der Waals surface area contributed by atoms with Gasteiger partial charge in [-0.15, -0.1) is 0 Å². The molecule has 7 aromatic carbocycles. The standard InChI is InChI=1S/C45H25N5/c46-26-29-16-23-44-39(24-29)38-12-3-4-13-41(38)49(44)34-20-17-30(18-21-34)31-8-7-9-32(25-31)35-22-19-33(27-47)40(28-48)45(35)50-42-14-5-1-10-36(42)37-11-2-6-15-43(37)50/h1-25H. The highest BCUT2D eigenvalue weighted by Crippen LogP contribution is 2.40. The van der Waals surface area contributed by atoms with Crippen LogP contribution in [0.5, 0.6) is 0 Å². The van der Waals surface area contributed by atoms with Crippen molar-refractivity contribution < 1.29 is 0 Å². The van der Waals surface area contributed by atoms with Crippen LogP contribution in [-0.4, -0.2) is 9.13 Å². The van der Waals surface area contributed by atoms with Crippen molar-refractivity contribution in [1.29, 1.82) is 15.8 Å². The molecule has 0 amide bonds. The van der Waals surface area contributed by atoms with Crippen LogP contribution in [0.3, 0.4) is 0 Å². The molecule has 0 atom stereocenters. The monoisotopic (exact) mass is 635 g/mol. The molecule has 230 valence electrons. The summed E-state index contributed by atoms with van der Waals surface area (Å²) in [5, 5.41) is 34.4. The normalized spacial score (nSPS) is 11.1. The molecule has 0 radical (unpaired) electrons. The Balaban J connectivity index is 1.20. The molecule has 0 saturated carbocycles. The molecule has 0 bridgehead atoms. The summed E-state index contributed by atoms with van der Waals surface area (Å²) in [6.45, 7) is 0. The summed E-state index contributed by atoms with van der Waals surface area (Å²) in [4.78, 5) is 0. The Bertz CT molecular complexity index is 2900. The average Bonchev–Trinajstić information content (AvgIpc) is 3.70. The van der Waals surface area contributed by atoms with Crippen LogP contribution in [-0.2, 0) is 0 Å². The number of fused-ring (bicyclic) bond motifs is 6. The Morgan fingerprint density at radius 2 is 1.00 bits per heavy atom. The summed E-state index contributed by atoms with van der Waals surface area (Å²) < 4.78 is 4.37. The number of hydrogen-bond acceptors (Lipinski definition) is 3. The lowest BCUT2D eigenvalue weighted by molar-refractivity contribution is 1.16. The summed E-state index contributed by atoms with van der Waals surface area (Å²) in [5.41, 5.74) is 11.0. The number of nitrogens with zero attached hydrogens (tertiary/aromatic N) is 5. The lowest BCUT2D eigenvalue weighted by Crippen LogP contribution is -2.03. The molecule has 5 nitrogen and oxygen atoms in total. The maximum atomic E-state index is 10.5. The van der Waals surface area contributed by atoms with E-state index in [1.165, 1.54) is 0 Å². The Labute approximate surface area is 287 Å². The van der Waals surface area contributed by atoms with Crippen LogP contribution in [0.4, 0.5) is 0 Å². The fraction of sp³-hybridized carbons (Fsp3) is 0. The summed E-state index contributed by atoms with van der Waals surface area (Å²) in [6.07, 6.45) is 0. The first-order valence-corrected chi connectivity index (χ1v) is 16.3. The van der Waals surface area contributed by atoms with Crippen molar-refractivity contribution in [3.8, 4) is 51.8 Å². The van der Waals surface area contributed by atoms with Crippen LogP contribution < -0.4 is 0 Å². The maximum absolute atomic E-state index is 10.5. The summed E-state index contributed by atoms with van der Waals surface area (Å²) in [5.74, 6) is 0. The minimum absolute atomic E-state index is 0.341. The van der Waals surface area contributed by atoms with E-state index >= 15 is 0 Å². The van der Waals surface area contributed by atoms with E-state index in [0.717, 1.165) is 71.6 Å². The Morgan fingerprint density at radius 1 is 0.400 bits per heavy atom. The third kappa shape index (κ3) is 4.31. The second kappa shape index (κ2) is 11.4. The number of nitriles is 3. The zero-order chi connectivity index (χ0) is 33.8. The van der Waals surface area contributed by atoms with E-state index in [1.807, 2.05) is 66.7 Å². The lowest BCUT2D eigenvalue weighted by Gasteiger charge is -2.17. The van der Waals surface area contributed by atoms with Gasteiger partial charge in [0.25, 0.3) is 0 Å². The molecule has 0 aliphatic carbocycles. The molecule has 9 rings (SSSR count). The molecule has 0 saturated heterocycles. The van der Waals surface area contributed by atoms with Gasteiger partial charge >= 0.3 is 0 Å². The molecule has 50 heavy (non-hydrogen) atoms. The largest absolute Gasteiger partial charge is 0.309 e. The molecule has 0 N–H and O–H groups in total. The van der Waals surface area contributed by atoms with Gasteiger partial charge < -0.3 is 9.13 Å². The van der Waals surface area contributed by atoms with Gasteiger partial charge in [-0.05, 0) is 77.4 Å². The van der Waals surface area contributed by atoms with Crippen molar-refractivity contribution in [1.82, 2.24) is 9.13 Å². The average molecular weight is 636 g/mol. The van der Waals surface area contributed by atoms with Crippen LogP contribution in [0, 0.1) is 34.0 Å². The highest BCUT2D eigenvalue weighted by Gasteiger charge is 2.21. The number of benzene rings is 7. The summed E-state index contributed by atoms with van der Waals surface area (Å²) in [7, 11) is 0. The third-order valence-corrected chi connectivity index (χ3v) is 9.65. The van der Waals surface area contributed by atoms with Crippen LogP contribution >= 0.6 is 0 Å². The molecule has 0 unspecified atom stereocenters. The van der Waals surface area contributed by atoms with E-state index in [2.05, 4.69) is 106 Å². The third-order valence-electron chi connectivity index (χ3n) is 9.65. The van der Waals surface area contributed by atoms with E-state index in [4.69, 9.17) is 0 Å². The smallest absolute Gasteiger partial charge is 0.103 e. The predicted molar refractivity (Wildman–Crippen MR) is 200 cm³/mol. The zero-order valence-corrected chi connectivity index (χ0v) is 26.7. The maximum Gasteiger partial charge on any atom is 0.103 e. The molecule has 0 fully saturated rings. The summed E-state index contributed by atoms with van der Waals surface area (Å²) >= 11 is 0. The first-order valence-electron chi connectivity index (χ1n) is 16.3. The van der Waals surface area contributed by atoms with Crippen molar-refractivity contribution in [2.75, 3.05) is 0 Å². The first kappa shape index (κ1) is 28.8. The fourth-order valence-electron chi connectivity index (χ4n) is 7.42. The van der Waals surface area contributed by atoms with Crippen LogP contribution in [0.1, 0.15) is 16.7 Å². The van der Waals surface area contributed by atoms with Crippen molar-refractivity contribution in [3.63, 3.8) is 0 Å². The van der Waals surface area contributed by atoms with E-state index in [9.17, 15) is 15.8 Å². The van der Waals surface area contributed by atoms with Crippen molar-refractivity contribution in [3.05, 3.63) is 168 Å². The number of rotatable bonds is 4. The topological polar surface area (TPSA) is 81.2 Å². The van der Waals surface area contributed by atoms with Gasteiger partial charge in [-0.3, -0.25) is 0 Å². The number of hydrogen-bond donors (Lipinski definition) is 0. The van der Waals surface area contributed by atoms with Gasteiger partial charge in [0.1, 0.15) is 12.1 Å². The molecule has 0 aliphatic rings. The SMILES string of the molecule is N#Cc1ccc2c(c1)c1ccccc1n2-c1ccc(-c2cccc(-c3ccc(C#N)c(C#N)c3-n3c4ccccc4c4ccccc43)c2)cc1. The van der Waals surface area contributed by atoms with Crippen molar-refractivity contribution >= 4 is 43.6 Å². The van der Waals surface area contributed by atoms with Gasteiger partial charge in [-0.2, -0.15) is 15.8 Å². The Kier molecular flexibility index (Phi) is 6.56. The predicted octanol–water partition coefficient (Wildman–Crippen LogP) is 10.8. The highest BCUT2D eigenvalue weighted by atomic mass is 15.0. The van der Waals surface area contributed by atoms with Crippen molar-refractivity contribution in [2.45, 2.75) is 0 Å². The van der Waals surface area contributed by atoms with Crippen LogP contribution in [0.15, 0.2) is 152 Å². The second-order valence-corrected chi connectivity index (χ2v) is 12.3. The first-order chi connectivity index (χ1) is 24.7. The van der Waals surface area contributed by atoms with E-state index in [-0.39, 0.29) is 0 Å². The molecule has 0 spiro atoms. The quantitative estimate of drug-likeness (QED) is 0.193. The number of para-hydroxylation sites is 3. The van der Waals surface area contributed by atoms with E-state index < -0.39 is 0 Å². The van der Waals surface area contributed by atoms with Gasteiger partial charge in [0.15, 0.2) is 0 Å². The van der Waals surface area contributed by atoms with Gasteiger partial charge in [-0.1, -0.05) is 91.0 Å². The molecule has 0 aliphatic heterocycles. The zero-order valence-electron chi connectivity index (χ0n) is 26.7. The second-order valence-electron chi connectivity index (χ2n) is 12.3. The van der Waals surface area contributed by atoms with Gasteiger partial charge in [-0.25, -0.2) is 0 Å². The van der Waals surface area contributed by atoms with E-state index in [0.29, 0.717) is 22.4 Å². The van der Waals surface area contributed by atoms with Crippen LogP contribution in [0.25, 0.3) is 77.2 Å². The Hall–Kier alpha value is -7.39. The molecule has 9 aromatic rings. The molecular weight excluding hydrogens is 611 g/mol. The molecular formula is C45H25N5. The molecule has 2 aromatic heterocycles. The Morgan fingerprint density at radius 3 is 1.64 bits per heavy atom. The highest BCUT2D eigenvalue weighted by molar-refractivity contribution is 6.11. The molecule has 2 heterocycles. The number of aromatic nitrogens is 2. The van der Waals surface area contributed by atoms with E-state index in [1.54, 1.807) is 6.07 Å². The minimum atomic E-state index is 0.341. The molecule has 5 heteroatoms. The minimum Gasteiger partial charge on any atom is -0.309 e. The fourth-order valence-corrected chi connectivity index (χ4v) is 7.42. The van der Waals surface area contributed by atoms with Gasteiger partial charge in [0.05, 0.1) is 50.5 Å². The van der Waals surface area contributed by atoms with Gasteiger partial charge in [0, 0.05) is 32.8 Å². The van der Waals surface area contributed by atoms with Crippen molar-refractivity contribution in [2.24, 2.45) is 0 Å². The van der Waals surface area contributed by atoms with Crippen LogP contribution in [0.2, 0.25) is 0 Å².